The predicted octanol–water partition coefficient (Wildman–Crippen LogP) is 1.95. The Balaban J connectivity index is 2.47. The van der Waals surface area contributed by atoms with Crippen molar-refractivity contribution in [1.82, 2.24) is 14.9 Å². The number of nitrogens with one attached hydrogen (secondary N) is 1. The monoisotopic (exact) mass is 240 g/mol. The predicted molar refractivity (Wildman–Crippen MR) is 70.1 cm³/mol. The minimum Gasteiger partial charge on any atom is -0.367 e. The quantitative estimate of drug-likeness (QED) is 0.770. The van der Waals surface area contributed by atoms with Gasteiger partial charge in [-0.2, -0.15) is 0 Å². The summed E-state index contributed by atoms with van der Waals surface area (Å²) in [6, 6.07) is 0.385. The summed E-state index contributed by atoms with van der Waals surface area (Å²) >= 11 is 1.73. The van der Waals surface area contributed by atoms with Crippen LogP contribution in [-0.4, -0.2) is 47.3 Å². The van der Waals surface area contributed by atoms with Crippen molar-refractivity contribution < 1.29 is 0 Å². The number of aromatic nitrogens is 2. The maximum absolute atomic E-state index is 4.48. The summed E-state index contributed by atoms with van der Waals surface area (Å²) in [7, 11) is 4.14. The molecule has 0 amide bonds. The number of thioether (sulfide) groups is 1. The van der Waals surface area contributed by atoms with Crippen LogP contribution < -0.4 is 5.32 Å². The van der Waals surface area contributed by atoms with E-state index in [9.17, 15) is 0 Å². The second kappa shape index (κ2) is 6.70. The van der Waals surface area contributed by atoms with Crippen LogP contribution in [0.1, 0.15) is 13.8 Å². The maximum atomic E-state index is 4.48. The van der Waals surface area contributed by atoms with E-state index in [1.807, 2.05) is 6.20 Å². The lowest BCUT2D eigenvalue weighted by Gasteiger charge is -2.10. The minimum absolute atomic E-state index is 0.385. The van der Waals surface area contributed by atoms with Gasteiger partial charge in [0.1, 0.15) is 10.8 Å². The van der Waals surface area contributed by atoms with Crippen molar-refractivity contribution in [2.45, 2.75) is 24.9 Å². The molecule has 0 aromatic carbocycles. The van der Waals surface area contributed by atoms with Crippen molar-refractivity contribution >= 4 is 17.6 Å². The number of nitrogens with zero attached hydrogens (tertiary/aromatic N) is 3. The van der Waals surface area contributed by atoms with Gasteiger partial charge in [-0.25, -0.2) is 4.98 Å². The van der Waals surface area contributed by atoms with Crippen molar-refractivity contribution in [1.29, 1.82) is 0 Å². The molecule has 0 atom stereocenters. The molecule has 1 aromatic heterocycles. The zero-order chi connectivity index (χ0) is 12.0. The van der Waals surface area contributed by atoms with E-state index in [-0.39, 0.29) is 0 Å². The summed E-state index contributed by atoms with van der Waals surface area (Å²) in [5.74, 6) is 1.89. The van der Waals surface area contributed by atoms with Gasteiger partial charge in [-0.3, -0.25) is 4.98 Å². The first-order valence-electron chi connectivity index (χ1n) is 5.44. The van der Waals surface area contributed by atoms with Crippen LogP contribution in [0.15, 0.2) is 17.4 Å². The van der Waals surface area contributed by atoms with Gasteiger partial charge in [0.05, 0.1) is 12.4 Å². The third-order valence-corrected chi connectivity index (χ3v) is 2.72. The summed E-state index contributed by atoms with van der Waals surface area (Å²) in [5, 5.41) is 4.23. The van der Waals surface area contributed by atoms with Gasteiger partial charge in [-0.05, 0) is 27.9 Å². The van der Waals surface area contributed by atoms with Crippen LogP contribution >= 0.6 is 11.8 Å². The van der Waals surface area contributed by atoms with Gasteiger partial charge < -0.3 is 10.2 Å². The maximum Gasteiger partial charge on any atom is 0.146 e. The second-order valence-electron chi connectivity index (χ2n) is 4.19. The highest BCUT2D eigenvalue weighted by Crippen LogP contribution is 2.15. The molecular formula is C11H20N4S. The zero-order valence-corrected chi connectivity index (χ0v) is 11.2. The number of hydrogen-bond acceptors (Lipinski definition) is 5. The van der Waals surface area contributed by atoms with Crippen molar-refractivity contribution in [3.63, 3.8) is 0 Å². The lowest BCUT2D eigenvalue weighted by molar-refractivity contribution is 0.437. The highest BCUT2D eigenvalue weighted by atomic mass is 32.2. The SMILES string of the molecule is CC(C)Nc1cncc(SCCN(C)C)n1. The standard InChI is InChI=1S/C11H20N4S/c1-9(2)13-10-7-12-8-11(14-10)16-6-5-15(3)4/h7-9H,5-6H2,1-4H3,(H,13,14). The number of rotatable bonds is 6. The first-order chi connectivity index (χ1) is 7.58. The summed E-state index contributed by atoms with van der Waals surface area (Å²) in [6.07, 6.45) is 3.57. The lowest BCUT2D eigenvalue weighted by Crippen LogP contribution is -2.15. The molecule has 0 saturated carbocycles. The molecule has 16 heavy (non-hydrogen) atoms. The van der Waals surface area contributed by atoms with Crippen LogP contribution in [0.25, 0.3) is 0 Å². The first-order valence-corrected chi connectivity index (χ1v) is 6.42. The summed E-state index contributed by atoms with van der Waals surface area (Å²) in [6.45, 7) is 5.23. The fourth-order valence-electron chi connectivity index (χ4n) is 1.12. The van der Waals surface area contributed by atoms with E-state index in [0.717, 1.165) is 23.1 Å². The second-order valence-corrected chi connectivity index (χ2v) is 5.31. The van der Waals surface area contributed by atoms with E-state index in [2.05, 4.69) is 48.1 Å². The Morgan fingerprint density at radius 3 is 2.75 bits per heavy atom. The third-order valence-electron chi connectivity index (χ3n) is 1.84. The van der Waals surface area contributed by atoms with E-state index < -0.39 is 0 Å². The minimum atomic E-state index is 0.385. The van der Waals surface area contributed by atoms with Crippen molar-refractivity contribution in [3.05, 3.63) is 12.4 Å². The van der Waals surface area contributed by atoms with Crippen LogP contribution in [0.3, 0.4) is 0 Å². The van der Waals surface area contributed by atoms with Crippen LogP contribution in [0.4, 0.5) is 5.82 Å². The molecule has 0 unspecified atom stereocenters. The molecule has 1 aromatic rings. The van der Waals surface area contributed by atoms with Gasteiger partial charge in [0.15, 0.2) is 0 Å². The molecule has 1 rings (SSSR count). The molecular weight excluding hydrogens is 220 g/mol. The number of hydrogen-bond donors (Lipinski definition) is 1. The summed E-state index contributed by atoms with van der Waals surface area (Å²) in [4.78, 5) is 10.8. The fraction of sp³-hybridized carbons (Fsp3) is 0.636. The molecule has 1 heterocycles. The Hall–Kier alpha value is -0.810. The smallest absolute Gasteiger partial charge is 0.146 e. The fourth-order valence-corrected chi connectivity index (χ4v) is 2.08. The largest absolute Gasteiger partial charge is 0.367 e. The normalized spacial score (nSPS) is 11.1. The molecule has 0 aliphatic heterocycles. The molecule has 0 aliphatic carbocycles. The van der Waals surface area contributed by atoms with E-state index in [0.29, 0.717) is 6.04 Å². The van der Waals surface area contributed by atoms with Gasteiger partial charge >= 0.3 is 0 Å². The van der Waals surface area contributed by atoms with Gasteiger partial charge in [0, 0.05) is 18.3 Å². The molecule has 0 saturated heterocycles. The van der Waals surface area contributed by atoms with E-state index in [1.54, 1.807) is 18.0 Å². The molecule has 0 aliphatic rings. The van der Waals surface area contributed by atoms with Crippen molar-refractivity contribution in [3.8, 4) is 0 Å². The molecule has 0 radical (unpaired) electrons. The Labute approximate surface area is 102 Å². The molecule has 4 nitrogen and oxygen atoms in total. The van der Waals surface area contributed by atoms with E-state index in [4.69, 9.17) is 0 Å². The molecule has 5 heteroatoms. The zero-order valence-electron chi connectivity index (χ0n) is 10.4. The Bertz CT molecular complexity index is 315. The molecule has 0 bridgehead atoms. The van der Waals surface area contributed by atoms with Gasteiger partial charge in [-0.1, -0.05) is 0 Å². The molecule has 90 valence electrons. The Morgan fingerprint density at radius 2 is 2.12 bits per heavy atom. The highest BCUT2D eigenvalue weighted by Gasteiger charge is 2.01. The van der Waals surface area contributed by atoms with Gasteiger partial charge in [-0.15, -0.1) is 11.8 Å². The summed E-state index contributed by atoms with van der Waals surface area (Å²) in [5.41, 5.74) is 0. The topological polar surface area (TPSA) is 41.1 Å². The molecule has 1 N–H and O–H groups in total. The lowest BCUT2D eigenvalue weighted by atomic mass is 10.4. The van der Waals surface area contributed by atoms with Crippen molar-refractivity contribution in [2.75, 3.05) is 31.7 Å². The van der Waals surface area contributed by atoms with E-state index in [1.165, 1.54) is 0 Å². The average molecular weight is 240 g/mol. The highest BCUT2D eigenvalue weighted by molar-refractivity contribution is 7.99. The van der Waals surface area contributed by atoms with Crippen LogP contribution in [0.5, 0.6) is 0 Å². The van der Waals surface area contributed by atoms with Crippen LogP contribution in [0, 0.1) is 0 Å². The van der Waals surface area contributed by atoms with Gasteiger partial charge in [0.2, 0.25) is 0 Å². The average Bonchev–Trinajstić information content (AvgIpc) is 2.16. The van der Waals surface area contributed by atoms with Crippen LogP contribution in [-0.2, 0) is 0 Å². The third kappa shape index (κ3) is 5.32. The molecule has 0 fully saturated rings. The Kier molecular flexibility index (Phi) is 5.55. The van der Waals surface area contributed by atoms with Crippen LogP contribution in [0.2, 0.25) is 0 Å². The van der Waals surface area contributed by atoms with E-state index >= 15 is 0 Å². The summed E-state index contributed by atoms with van der Waals surface area (Å²) < 4.78 is 0. The Morgan fingerprint density at radius 1 is 1.38 bits per heavy atom. The number of anilines is 1. The first kappa shape index (κ1) is 13.3. The van der Waals surface area contributed by atoms with Crippen molar-refractivity contribution in [2.24, 2.45) is 0 Å². The molecule has 0 spiro atoms. The van der Waals surface area contributed by atoms with Gasteiger partial charge in [0.25, 0.3) is 0 Å².